The average Bonchev–Trinajstić information content (AvgIpc) is 3.76. The number of hydrogen-bond acceptors (Lipinski definition) is 4. The van der Waals surface area contributed by atoms with Crippen LogP contribution in [0.25, 0.3) is 33.4 Å². The number of nitrogens with zero attached hydrogens (tertiary/aromatic N) is 3. The molecule has 0 atom stereocenters. The van der Waals surface area contributed by atoms with E-state index < -0.39 is 0 Å². The second kappa shape index (κ2) is 11.1. The number of benzene rings is 3. The predicted octanol–water partition coefficient (Wildman–Crippen LogP) is 6.16. The van der Waals surface area contributed by atoms with Gasteiger partial charge < -0.3 is 9.64 Å². The summed E-state index contributed by atoms with van der Waals surface area (Å²) < 4.78 is 7.01. The van der Waals surface area contributed by atoms with Crippen molar-refractivity contribution < 1.29 is 4.74 Å². The normalized spacial score (nSPS) is 15.8. The lowest BCUT2D eigenvalue weighted by Gasteiger charge is -2.26. The standard InChI is InChI=1S/C22H18N2O2.C9H17N/c1-24-21(17-10-6-7-11-20(17)26-2)23-19-13-12-16(14-18(19)22(24)25)15-8-4-3-5-9-15;1-2-6-10(7-3-1)8-9-4-5-9/h3-14H,1-2H3;9H,1-8H2. The minimum Gasteiger partial charge on any atom is -0.496 e. The average molecular weight is 482 g/mol. The molecule has 186 valence electrons. The van der Waals surface area contributed by atoms with Crippen LogP contribution in [0, 0.1) is 5.92 Å². The molecule has 0 radical (unpaired) electrons. The Morgan fingerprint density at radius 3 is 2.33 bits per heavy atom. The molecule has 4 aromatic rings. The Hall–Kier alpha value is -3.44. The summed E-state index contributed by atoms with van der Waals surface area (Å²) in [6, 6.07) is 23.4. The largest absolute Gasteiger partial charge is 0.496 e. The van der Waals surface area contributed by atoms with E-state index in [0.717, 1.165) is 22.6 Å². The molecule has 0 unspecified atom stereocenters. The van der Waals surface area contributed by atoms with E-state index in [1.54, 1.807) is 18.7 Å². The van der Waals surface area contributed by atoms with Crippen molar-refractivity contribution in [3.05, 3.63) is 83.2 Å². The SMILES string of the molecule is C1CCN(CC2CC2)CC1.COc1ccccc1-c1nc2ccc(-c3ccccc3)cc2c(=O)n1C. The fraction of sp³-hybridized carbons (Fsp3) is 0.355. The van der Waals surface area contributed by atoms with Crippen LogP contribution >= 0.6 is 0 Å². The molecule has 1 aromatic heterocycles. The minimum absolute atomic E-state index is 0.0753. The molecule has 5 heteroatoms. The second-order valence-corrected chi connectivity index (χ2v) is 9.90. The molecule has 2 fully saturated rings. The van der Waals surface area contributed by atoms with E-state index in [-0.39, 0.29) is 5.56 Å². The first-order valence-electron chi connectivity index (χ1n) is 13.1. The molecule has 2 aliphatic rings. The highest BCUT2D eigenvalue weighted by Gasteiger charge is 2.24. The summed E-state index contributed by atoms with van der Waals surface area (Å²) in [5.74, 6) is 2.38. The molecular weight excluding hydrogens is 446 g/mol. The highest BCUT2D eigenvalue weighted by Crippen LogP contribution is 2.31. The van der Waals surface area contributed by atoms with E-state index in [9.17, 15) is 4.79 Å². The van der Waals surface area contributed by atoms with Gasteiger partial charge in [-0.15, -0.1) is 0 Å². The van der Waals surface area contributed by atoms with Gasteiger partial charge >= 0.3 is 0 Å². The summed E-state index contributed by atoms with van der Waals surface area (Å²) in [5, 5.41) is 0.604. The number of rotatable bonds is 5. The maximum Gasteiger partial charge on any atom is 0.261 e. The molecule has 0 spiro atoms. The summed E-state index contributed by atoms with van der Waals surface area (Å²) in [4.78, 5) is 20.4. The summed E-state index contributed by atoms with van der Waals surface area (Å²) in [6.45, 7) is 4.19. The van der Waals surface area contributed by atoms with Crippen molar-refractivity contribution in [1.29, 1.82) is 0 Å². The molecule has 36 heavy (non-hydrogen) atoms. The van der Waals surface area contributed by atoms with Gasteiger partial charge in [0.05, 0.1) is 23.6 Å². The van der Waals surface area contributed by atoms with E-state index in [4.69, 9.17) is 9.72 Å². The zero-order chi connectivity index (χ0) is 24.9. The number of aromatic nitrogens is 2. The molecular formula is C31H35N3O2. The Balaban J connectivity index is 0.000000222. The Morgan fingerprint density at radius 2 is 1.61 bits per heavy atom. The van der Waals surface area contributed by atoms with Crippen molar-refractivity contribution in [2.75, 3.05) is 26.7 Å². The number of piperidine rings is 1. The first-order chi connectivity index (χ1) is 17.6. The van der Waals surface area contributed by atoms with E-state index in [0.29, 0.717) is 22.5 Å². The minimum atomic E-state index is -0.0753. The number of methoxy groups -OCH3 is 1. The van der Waals surface area contributed by atoms with Crippen LogP contribution in [0.1, 0.15) is 32.1 Å². The number of fused-ring (bicyclic) bond motifs is 1. The van der Waals surface area contributed by atoms with Crippen LogP contribution in [0.5, 0.6) is 5.75 Å². The number of likely N-dealkylation sites (tertiary alicyclic amines) is 1. The number of hydrogen-bond donors (Lipinski definition) is 0. The topological polar surface area (TPSA) is 47.4 Å². The molecule has 3 aromatic carbocycles. The lowest BCUT2D eigenvalue weighted by Crippen LogP contribution is -2.31. The predicted molar refractivity (Wildman–Crippen MR) is 147 cm³/mol. The monoisotopic (exact) mass is 481 g/mol. The summed E-state index contributed by atoms with van der Waals surface area (Å²) >= 11 is 0. The molecule has 6 rings (SSSR count). The van der Waals surface area contributed by atoms with E-state index >= 15 is 0 Å². The van der Waals surface area contributed by atoms with Crippen molar-refractivity contribution in [3.8, 4) is 28.3 Å². The zero-order valence-electron chi connectivity index (χ0n) is 21.3. The van der Waals surface area contributed by atoms with Crippen molar-refractivity contribution in [1.82, 2.24) is 14.5 Å². The third kappa shape index (κ3) is 5.52. The molecule has 0 N–H and O–H groups in total. The van der Waals surface area contributed by atoms with Crippen LogP contribution in [0.15, 0.2) is 77.6 Å². The van der Waals surface area contributed by atoms with Gasteiger partial charge in [0.25, 0.3) is 5.56 Å². The quantitative estimate of drug-likeness (QED) is 0.343. The smallest absolute Gasteiger partial charge is 0.261 e. The van der Waals surface area contributed by atoms with E-state index in [2.05, 4.69) is 4.90 Å². The molecule has 1 aliphatic heterocycles. The molecule has 0 amide bonds. The fourth-order valence-electron chi connectivity index (χ4n) is 4.96. The van der Waals surface area contributed by atoms with Crippen LogP contribution in [-0.2, 0) is 7.05 Å². The second-order valence-electron chi connectivity index (χ2n) is 9.90. The summed E-state index contributed by atoms with van der Waals surface area (Å²) in [5.41, 5.74) is 3.47. The highest BCUT2D eigenvalue weighted by atomic mass is 16.5. The van der Waals surface area contributed by atoms with Gasteiger partial charge in [0.15, 0.2) is 0 Å². The molecule has 5 nitrogen and oxygen atoms in total. The third-order valence-corrected chi connectivity index (χ3v) is 7.19. The van der Waals surface area contributed by atoms with Gasteiger partial charge in [-0.2, -0.15) is 0 Å². The Bertz CT molecular complexity index is 1370. The van der Waals surface area contributed by atoms with Gasteiger partial charge in [0, 0.05) is 13.6 Å². The number of para-hydroxylation sites is 1. The van der Waals surface area contributed by atoms with Crippen molar-refractivity contribution in [3.63, 3.8) is 0 Å². The van der Waals surface area contributed by atoms with Crippen molar-refractivity contribution >= 4 is 10.9 Å². The van der Waals surface area contributed by atoms with Crippen LogP contribution in [-0.4, -0.2) is 41.2 Å². The maximum absolute atomic E-state index is 13.0. The van der Waals surface area contributed by atoms with Gasteiger partial charge in [-0.1, -0.05) is 55.0 Å². The molecule has 2 heterocycles. The van der Waals surface area contributed by atoms with Crippen molar-refractivity contribution in [2.24, 2.45) is 13.0 Å². The summed E-state index contributed by atoms with van der Waals surface area (Å²) in [6.07, 6.45) is 7.40. The Kier molecular flexibility index (Phi) is 7.47. The first-order valence-corrected chi connectivity index (χ1v) is 13.1. The summed E-state index contributed by atoms with van der Waals surface area (Å²) in [7, 11) is 3.36. The number of ether oxygens (including phenoxy) is 1. The highest BCUT2D eigenvalue weighted by molar-refractivity contribution is 5.85. The van der Waals surface area contributed by atoms with E-state index in [1.807, 2.05) is 72.8 Å². The Labute approximate surface area is 213 Å². The van der Waals surface area contributed by atoms with Crippen molar-refractivity contribution in [2.45, 2.75) is 32.1 Å². The molecule has 1 saturated heterocycles. The van der Waals surface area contributed by atoms with Gasteiger partial charge in [-0.25, -0.2) is 4.98 Å². The van der Waals surface area contributed by atoms with E-state index in [1.165, 1.54) is 51.7 Å². The maximum atomic E-state index is 13.0. The lowest BCUT2D eigenvalue weighted by atomic mass is 10.0. The zero-order valence-corrected chi connectivity index (χ0v) is 21.3. The van der Waals surface area contributed by atoms with Crippen LogP contribution in [0.2, 0.25) is 0 Å². The molecule has 0 bridgehead atoms. The lowest BCUT2D eigenvalue weighted by molar-refractivity contribution is 0.220. The Morgan fingerprint density at radius 1 is 0.889 bits per heavy atom. The van der Waals surface area contributed by atoms with Gasteiger partial charge in [-0.3, -0.25) is 9.36 Å². The third-order valence-electron chi connectivity index (χ3n) is 7.19. The fourth-order valence-corrected chi connectivity index (χ4v) is 4.96. The van der Waals surface area contributed by atoms with Crippen LogP contribution in [0.3, 0.4) is 0 Å². The van der Waals surface area contributed by atoms with Crippen LogP contribution < -0.4 is 10.3 Å². The van der Waals surface area contributed by atoms with Gasteiger partial charge in [-0.05, 0) is 80.1 Å². The van der Waals surface area contributed by atoms with Gasteiger partial charge in [0.2, 0.25) is 0 Å². The molecule has 1 saturated carbocycles. The molecule has 1 aliphatic carbocycles. The van der Waals surface area contributed by atoms with Gasteiger partial charge in [0.1, 0.15) is 11.6 Å². The van der Waals surface area contributed by atoms with Crippen LogP contribution in [0.4, 0.5) is 0 Å². The first kappa shape index (κ1) is 24.3.